The van der Waals surface area contributed by atoms with E-state index in [1.807, 2.05) is 48.0 Å². The summed E-state index contributed by atoms with van der Waals surface area (Å²) in [6.45, 7) is 0.838. The van der Waals surface area contributed by atoms with E-state index in [2.05, 4.69) is 18.9 Å². The Morgan fingerprint density at radius 3 is 2.59 bits per heavy atom. The fourth-order valence-corrected chi connectivity index (χ4v) is 2.06. The molecule has 0 radical (unpaired) electrons. The number of hydrogen-bond donors (Lipinski definition) is 1. The van der Waals surface area contributed by atoms with Crippen LogP contribution < -0.4 is 0 Å². The first-order valence-corrected chi connectivity index (χ1v) is 7.48. The van der Waals surface area contributed by atoms with Gasteiger partial charge in [-0.05, 0) is 36.1 Å². The van der Waals surface area contributed by atoms with Gasteiger partial charge in [0, 0.05) is 18.5 Å². The van der Waals surface area contributed by atoms with Crippen molar-refractivity contribution in [3.8, 4) is 0 Å². The molecule has 17 heavy (non-hydrogen) atoms. The SMILES string of the molecule is CSCCCN(C)C(=O)Cc1ccc(S)cc1. The summed E-state index contributed by atoms with van der Waals surface area (Å²) in [5.41, 5.74) is 1.05. The maximum Gasteiger partial charge on any atom is 0.226 e. The van der Waals surface area contributed by atoms with Crippen molar-refractivity contribution >= 4 is 30.3 Å². The number of carbonyl (C=O) groups excluding carboxylic acids is 1. The maximum absolute atomic E-state index is 11.9. The van der Waals surface area contributed by atoms with E-state index in [0.717, 1.165) is 29.2 Å². The van der Waals surface area contributed by atoms with Crippen molar-refractivity contribution in [3.05, 3.63) is 29.8 Å². The third-order valence-corrected chi connectivity index (χ3v) is 3.55. The lowest BCUT2D eigenvalue weighted by Gasteiger charge is -2.16. The Bertz CT molecular complexity index is 351. The van der Waals surface area contributed by atoms with Gasteiger partial charge in [-0.15, -0.1) is 12.6 Å². The molecule has 0 atom stereocenters. The van der Waals surface area contributed by atoms with Gasteiger partial charge >= 0.3 is 0 Å². The van der Waals surface area contributed by atoms with Crippen LogP contribution in [0.15, 0.2) is 29.2 Å². The number of thioether (sulfide) groups is 1. The zero-order valence-corrected chi connectivity index (χ0v) is 12.1. The van der Waals surface area contributed by atoms with E-state index >= 15 is 0 Å². The van der Waals surface area contributed by atoms with Crippen molar-refractivity contribution in [2.24, 2.45) is 0 Å². The zero-order valence-electron chi connectivity index (χ0n) is 10.3. The van der Waals surface area contributed by atoms with E-state index in [1.165, 1.54) is 0 Å². The smallest absolute Gasteiger partial charge is 0.226 e. The van der Waals surface area contributed by atoms with Gasteiger partial charge < -0.3 is 4.90 Å². The highest BCUT2D eigenvalue weighted by Gasteiger charge is 2.08. The van der Waals surface area contributed by atoms with E-state index in [0.29, 0.717) is 6.42 Å². The molecular formula is C13H19NOS2. The Morgan fingerprint density at radius 1 is 1.35 bits per heavy atom. The minimum atomic E-state index is 0.179. The maximum atomic E-state index is 11.9. The predicted molar refractivity (Wildman–Crippen MR) is 78.0 cm³/mol. The van der Waals surface area contributed by atoms with Crippen molar-refractivity contribution in [2.45, 2.75) is 17.7 Å². The van der Waals surface area contributed by atoms with Gasteiger partial charge in [0.15, 0.2) is 0 Å². The van der Waals surface area contributed by atoms with E-state index < -0.39 is 0 Å². The Morgan fingerprint density at radius 2 is 2.00 bits per heavy atom. The van der Waals surface area contributed by atoms with Crippen LogP contribution in [0.4, 0.5) is 0 Å². The van der Waals surface area contributed by atoms with Crippen molar-refractivity contribution < 1.29 is 4.79 Å². The second-order valence-electron chi connectivity index (χ2n) is 4.00. The molecule has 0 spiro atoms. The average Bonchev–Trinajstić information content (AvgIpc) is 2.32. The number of carbonyl (C=O) groups is 1. The highest BCUT2D eigenvalue weighted by molar-refractivity contribution is 7.98. The molecule has 0 fully saturated rings. The van der Waals surface area contributed by atoms with Crippen LogP contribution in [0.25, 0.3) is 0 Å². The van der Waals surface area contributed by atoms with Crippen molar-refractivity contribution in [1.29, 1.82) is 0 Å². The van der Waals surface area contributed by atoms with E-state index in [9.17, 15) is 4.79 Å². The topological polar surface area (TPSA) is 20.3 Å². The Kier molecular flexibility index (Phi) is 6.52. The molecule has 1 rings (SSSR count). The van der Waals surface area contributed by atoms with E-state index in [1.54, 1.807) is 0 Å². The number of hydrogen-bond acceptors (Lipinski definition) is 3. The van der Waals surface area contributed by atoms with Crippen LogP contribution in [0.5, 0.6) is 0 Å². The molecule has 4 heteroatoms. The molecular weight excluding hydrogens is 250 g/mol. The molecule has 0 heterocycles. The number of rotatable bonds is 6. The minimum Gasteiger partial charge on any atom is -0.345 e. The van der Waals surface area contributed by atoms with Gasteiger partial charge in [-0.2, -0.15) is 11.8 Å². The van der Waals surface area contributed by atoms with Gasteiger partial charge in [0.1, 0.15) is 0 Å². The monoisotopic (exact) mass is 269 g/mol. The first kappa shape index (κ1) is 14.5. The van der Waals surface area contributed by atoms with Gasteiger partial charge in [0.2, 0.25) is 5.91 Å². The molecule has 0 aromatic heterocycles. The fraction of sp³-hybridized carbons (Fsp3) is 0.462. The van der Waals surface area contributed by atoms with Gasteiger partial charge in [-0.25, -0.2) is 0 Å². The van der Waals surface area contributed by atoms with Crippen LogP contribution in [-0.2, 0) is 11.2 Å². The third-order valence-electron chi connectivity index (χ3n) is 2.56. The number of amides is 1. The van der Waals surface area contributed by atoms with Crippen LogP contribution >= 0.6 is 24.4 Å². The second-order valence-corrected chi connectivity index (χ2v) is 5.51. The molecule has 94 valence electrons. The molecule has 0 saturated carbocycles. The number of nitrogens with zero attached hydrogens (tertiary/aromatic N) is 1. The highest BCUT2D eigenvalue weighted by atomic mass is 32.2. The molecule has 1 aromatic rings. The summed E-state index contributed by atoms with van der Waals surface area (Å²) in [6, 6.07) is 7.74. The molecule has 0 aliphatic heterocycles. The Balaban J connectivity index is 2.40. The molecule has 0 aliphatic carbocycles. The van der Waals surface area contributed by atoms with Crippen LogP contribution in [0.2, 0.25) is 0 Å². The van der Waals surface area contributed by atoms with Crippen LogP contribution in [0, 0.1) is 0 Å². The largest absolute Gasteiger partial charge is 0.345 e. The Labute approximate surface area is 113 Å². The minimum absolute atomic E-state index is 0.179. The summed E-state index contributed by atoms with van der Waals surface area (Å²) in [5, 5.41) is 0. The summed E-state index contributed by atoms with van der Waals surface area (Å²) in [4.78, 5) is 14.6. The van der Waals surface area contributed by atoms with Crippen molar-refractivity contribution in [2.75, 3.05) is 25.6 Å². The zero-order chi connectivity index (χ0) is 12.7. The lowest BCUT2D eigenvalue weighted by molar-refractivity contribution is -0.129. The number of likely N-dealkylation sites (N-methyl/N-ethyl adjacent to an activating group) is 1. The van der Waals surface area contributed by atoms with Gasteiger partial charge in [0.25, 0.3) is 0 Å². The van der Waals surface area contributed by atoms with Gasteiger partial charge in [0.05, 0.1) is 6.42 Å². The van der Waals surface area contributed by atoms with Crippen LogP contribution in [0.3, 0.4) is 0 Å². The van der Waals surface area contributed by atoms with Crippen molar-refractivity contribution in [3.63, 3.8) is 0 Å². The molecule has 0 saturated heterocycles. The predicted octanol–water partition coefficient (Wildman–Crippen LogP) is 2.73. The highest BCUT2D eigenvalue weighted by Crippen LogP contribution is 2.09. The summed E-state index contributed by atoms with van der Waals surface area (Å²) < 4.78 is 0. The van der Waals surface area contributed by atoms with Crippen molar-refractivity contribution in [1.82, 2.24) is 4.90 Å². The average molecular weight is 269 g/mol. The lowest BCUT2D eigenvalue weighted by Crippen LogP contribution is -2.29. The number of benzene rings is 1. The molecule has 0 bridgehead atoms. The third kappa shape index (κ3) is 5.50. The first-order chi connectivity index (χ1) is 8.13. The summed E-state index contributed by atoms with van der Waals surface area (Å²) in [6.07, 6.45) is 3.61. The molecule has 2 nitrogen and oxygen atoms in total. The standard InChI is InChI=1S/C13H19NOS2/c1-14(8-3-9-17-2)13(15)10-11-4-6-12(16)7-5-11/h4-7,16H,3,8-10H2,1-2H3. The first-order valence-electron chi connectivity index (χ1n) is 5.64. The quantitative estimate of drug-likeness (QED) is 0.633. The van der Waals surface area contributed by atoms with Gasteiger partial charge in [-0.3, -0.25) is 4.79 Å². The molecule has 0 unspecified atom stereocenters. The van der Waals surface area contributed by atoms with Gasteiger partial charge in [-0.1, -0.05) is 12.1 Å². The summed E-state index contributed by atoms with van der Waals surface area (Å²) >= 11 is 6.04. The molecule has 0 aliphatic rings. The fourth-order valence-electron chi connectivity index (χ4n) is 1.49. The lowest BCUT2D eigenvalue weighted by atomic mass is 10.1. The van der Waals surface area contributed by atoms with Crippen LogP contribution in [-0.4, -0.2) is 36.4 Å². The normalized spacial score (nSPS) is 10.3. The number of thiol groups is 1. The van der Waals surface area contributed by atoms with Crippen LogP contribution in [0.1, 0.15) is 12.0 Å². The summed E-state index contributed by atoms with van der Waals surface area (Å²) in [7, 11) is 1.87. The van der Waals surface area contributed by atoms with E-state index in [-0.39, 0.29) is 5.91 Å². The summed E-state index contributed by atoms with van der Waals surface area (Å²) in [5.74, 6) is 1.28. The second kappa shape index (κ2) is 7.67. The molecule has 1 aromatic carbocycles. The van der Waals surface area contributed by atoms with E-state index in [4.69, 9.17) is 0 Å². The Hall–Kier alpha value is -0.610. The molecule has 0 N–H and O–H groups in total. The molecule has 1 amide bonds.